The number of hydrogen-bond acceptors (Lipinski definition) is 2. The van der Waals surface area contributed by atoms with Crippen LogP contribution in [0, 0.1) is 0 Å². The van der Waals surface area contributed by atoms with E-state index in [2.05, 4.69) is 29.6 Å². The average molecular weight is 372 g/mol. The lowest BCUT2D eigenvalue weighted by Crippen LogP contribution is -2.43. The molecule has 28 heavy (non-hydrogen) atoms. The molecule has 0 aromatic heterocycles. The minimum absolute atomic E-state index is 0.0133. The summed E-state index contributed by atoms with van der Waals surface area (Å²) in [6, 6.07) is 24.0. The number of piperidine rings is 1. The predicted molar refractivity (Wildman–Crippen MR) is 111 cm³/mol. The molecule has 1 aliphatic rings. The summed E-state index contributed by atoms with van der Waals surface area (Å²) in [5.41, 5.74) is 1.92. The van der Waals surface area contributed by atoms with Gasteiger partial charge in [-0.05, 0) is 47.2 Å². The Hall–Kier alpha value is -3.14. The maximum Gasteiger partial charge on any atom is 0.251 e. The topological polar surface area (TPSA) is 49.4 Å². The van der Waals surface area contributed by atoms with Gasteiger partial charge in [-0.2, -0.15) is 0 Å². The molecule has 0 aliphatic carbocycles. The molecular weight excluding hydrogens is 348 g/mol. The van der Waals surface area contributed by atoms with Crippen molar-refractivity contribution in [3.05, 3.63) is 83.9 Å². The Labute approximate surface area is 165 Å². The lowest BCUT2D eigenvalue weighted by Gasteiger charge is -2.32. The summed E-state index contributed by atoms with van der Waals surface area (Å²) in [5.74, 6) is 0.288. The summed E-state index contributed by atoms with van der Waals surface area (Å²) < 4.78 is 0. The van der Waals surface area contributed by atoms with Crippen molar-refractivity contribution in [1.29, 1.82) is 0 Å². The van der Waals surface area contributed by atoms with Gasteiger partial charge in [-0.25, -0.2) is 0 Å². The lowest BCUT2D eigenvalue weighted by atomic mass is 9.89. The molecule has 1 aliphatic heterocycles. The zero-order valence-electron chi connectivity index (χ0n) is 15.8. The number of nitrogens with zero attached hydrogens (tertiary/aromatic N) is 1. The molecule has 3 aromatic carbocycles. The van der Waals surface area contributed by atoms with Crippen LogP contribution in [0.25, 0.3) is 10.8 Å². The van der Waals surface area contributed by atoms with Gasteiger partial charge < -0.3 is 10.2 Å². The fraction of sp³-hybridized carbons (Fsp3) is 0.250. The maximum atomic E-state index is 12.5. The minimum atomic E-state index is -0.210. The van der Waals surface area contributed by atoms with E-state index >= 15 is 0 Å². The van der Waals surface area contributed by atoms with Gasteiger partial charge in [-0.15, -0.1) is 0 Å². The van der Waals surface area contributed by atoms with E-state index in [0.29, 0.717) is 11.5 Å². The minimum Gasteiger partial charge on any atom is -0.343 e. The van der Waals surface area contributed by atoms with Crippen LogP contribution in [0.3, 0.4) is 0 Å². The van der Waals surface area contributed by atoms with Crippen LogP contribution in [0.2, 0.25) is 0 Å². The van der Waals surface area contributed by atoms with Crippen molar-refractivity contribution in [2.75, 3.05) is 19.6 Å². The van der Waals surface area contributed by atoms with Crippen LogP contribution < -0.4 is 5.32 Å². The van der Waals surface area contributed by atoms with Gasteiger partial charge in [0.1, 0.15) is 0 Å². The summed E-state index contributed by atoms with van der Waals surface area (Å²) in [4.78, 5) is 26.8. The fourth-order valence-electron chi connectivity index (χ4n) is 3.89. The first-order valence-corrected chi connectivity index (χ1v) is 9.80. The van der Waals surface area contributed by atoms with E-state index in [4.69, 9.17) is 0 Å². The van der Waals surface area contributed by atoms with Gasteiger partial charge in [0, 0.05) is 18.7 Å². The number of amides is 2. The normalized spacial score (nSPS) is 14.8. The third-order valence-electron chi connectivity index (χ3n) is 5.53. The highest BCUT2D eigenvalue weighted by Crippen LogP contribution is 2.27. The molecule has 0 bridgehead atoms. The van der Waals surface area contributed by atoms with Gasteiger partial charge in [0.05, 0.1) is 6.54 Å². The van der Waals surface area contributed by atoms with E-state index in [-0.39, 0.29) is 18.4 Å². The molecule has 0 atom stereocenters. The summed E-state index contributed by atoms with van der Waals surface area (Å²) >= 11 is 0. The van der Waals surface area contributed by atoms with E-state index in [0.717, 1.165) is 36.7 Å². The van der Waals surface area contributed by atoms with Crippen LogP contribution in [0.4, 0.5) is 0 Å². The second kappa shape index (κ2) is 8.26. The van der Waals surface area contributed by atoms with Gasteiger partial charge in [-0.1, -0.05) is 60.7 Å². The quantitative estimate of drug-likeness (QED) is 0.753. The van der Waals surface area contributed by atoms with Gasteiger partial charge in [-0.3, -0.25) is 9.59 Å². The van der Waals surface area contributed by atoms with Gasteiger partial charge in [0.2, 0.25) is 5.91 Å². The lowest BCUT2D eigenvalue weighted by molar-refractivity contribution is -0.131. The fourth-order valence-corrected chi connectivity index (χ4v) is 3.89. The molecule has 3 aromatic rings. The molecule has 142 valence electrons. The molecule has 2 amide bonds. The number of carbonyl (C=O) groups is 2. The molecule has 1 N–H and O–H groups in total. The first-order valence-electron chi connectivity index (χ1n) is 9.80. The first kappa shape index (κ1) is 18.2. The average Bonchev–Trinajstić information content (AvgIpc) is 2.77. The van der Waals surface area contributed by atoms with Gasteiger partial charge >= 0.3 is 0 Å². The molecule has 1 heterocycles. The van der Waals surface area contributed by atoms with E-state index in [1.807, 2.05) is 47.4 Å². The summed E-state index contributed by atoms with van der Waals surface area (Å²) in [6.07, 6.45) is 1.93. The Morgan fingerprint density at radius 2 is 1.54 bits per heavy atom. The molecule has 0 unspecified atom stereocenters. The number of likely N-dealkylation sites (tertiary alicyclic amines) is 1. The third-order valence-corrected chi connectivity index (χ3v) is 5.53. The standard InChI is InChI=1S/C24H24N2O2/c27-23(26-14-12-20(13-15-26)18-6-2-1-3-7-18)17-25-24(28)22-11-10-19-8-4-5-9-21(19)16-22/h1-11,16,20H,12-15,17H2,(H,25,28). The van der Waals surface area contributed by atoms with E-state index in [1.165, 1.54) is 5.56 Å². The summed E-state index contributed by atoms with van der Waals surface area (Å²) in [6.45, 7) is 1.52. The molecular formula is C24H24N2O2. The Bertz CT molecular complexity index is 976. The van der Waals surface area contributed by atoms with Crippen LogP contribution in [0.15, 0.2) is 72.8 Å². The molecule has 0 spiro atoms. The molecule has 4 rings (SSSR count). The zero-order valence-corrected chi connectivity index (χ0v) is 15.8. The Morgan fingerprint density at radius 3 is 2.29 bits per heavy atom. The second-order valence-electron chi connectivity index (χ2n) is 7.31. The van der Waals surface area contributed by atoms with Crippen molar-refractivity contribution in [3.8, 4) is 0 Å². The molecule has 1 saturated heterocycles. The van der Waals surface area contributed by atoms with Crippen LogP contribution in [-0.2, 0) is 4.79 Å². The highest BCUT2D eigenvalue weighted by molar-refractivity contribution is 6.00. The van der Waals surface area contributed by atoms with E-state index in [1.54, 1.807) is 6.07 Å². The third kappa shape index (κ3) is 4.06. The summed E-state index contributed by atoms with van der Waals surface area (Å²) in [5, 5.41) is 4.89. The van der Waals surface area contributed by atoms with Crippen molar-refractivity contribution in [1.82, 2.24) is 10.2 Å². The number of rotatable bonds is 4. The second-order valence-corrected chi connectivity index (χ2v) is 7.31. The first-order chi connectivity index (χ1) is 13.7. The van der Waals surface area contributed by atoms with Gasteiger partial charge in [0.25, 0.3) is 5.91 Å². The Morgan fingerprint density at radius 1 is 0.857 bits per heavy atom. The number of carbonyl (C=O) groups excluding carboxylic acids is 2. The van der Waals surface area contributed by atoms with E-state index < -0.39 is 0 Å². The van der Waals surface area contributed by atoms with Crippen LogP contribution in [0.5, 0.6) is 0 Å². The van der Waals surface area contributed by atoms with Crippen LogP contribution in [-0.4, -0.2) is 36.3 Å². The van der Waals surface area contributed by atoms with Crippen molar-refractivity contribution < 1.29 is 9.59 Å². The molecule has 4 heteroatoms. The smallest absolute Gasteiger partial charge is 0.251 e. The summed E-state index contributed by atoms with van der Waals surface area (Å²) in [7, 11) is 0. The van der Waals surface area contributed by atoms with Crippen molar-refractivity contribution in [3.63, 3.8) is 0 Å². The van der Waals surface area contributed by atoms with Crippen molar-refractivity contribution >= 4 is 22.6 Å². The van der Waals surface area contributed by atoms with Crippen molar-refractivity contribution in [2.24, 2.45) is 0 Å². The Kier molecular flexibility index (Phi) is 5.38. The SMILES string of the molecule is O=C(NCC(=O)N1CCC(c2ccccc2)CC1)c1ccc2ccccc2c1. The highest BCUT2D eigenvalue weighted by Gasteiger charge is 2.23. The highest BCUT2D eigenvalue weighted by atomic mass is 16.2. The largest absolute Gasteiger partial charge is 0.343 e. The number of nitrogens with one attached hydrogen (secondary N) is 1. The molecule has 0 saturated carbocycles. The number of benzene rings is 3. The number of fused-ring (bicyclic) bond motifs is 1. The molecule has 4 nitrogen and oxygen atoms in total. The predicted octanol–water partition coefficient (Wildman–Crippen LogP) is 3.98. The Balaban J connectivity index is 1.30. The van der Waals surface area contributed by atoms with Crippen LogP contribution in [0.1, 0.15) is 34.7 Å². The van der Waals surface area contributed by atoms with Crippen LogP contribution >= 0.6 is 0 Å². The monoisotopic (exact) mass is 372 g/mol. The van der Waals surface area contributed by atoms with E-state index in [9.17, 15) is 9.59 Å². The maximum absolute atomic E-state index is 12.5. The number of hydrogen-bond donors (Lipinski definition) is 1. The van der Waals surface area contributed by atoms with Gasteiger partial charge in [0.15, 0.2) is 0 Å². The molecule has 1 fully saturated rings. The van der Waals surface area contributed by atoms with Crippen molar-refractivity contribution in [2.45, 2.75) is 18.8 Å². The molecule has 0 radical (unpaired) electrons. The zero-order chi connectivity index (χ0) is 19.3.